The largest absolute Gasteiger partial charge is 0.444 e. The highest BCUT2D eigenvalue weighted by Crippen LogP contribution is 2.31. The number of ether oxygens (including phenoxy) is 1. The molecule has 1 saturated heterocycles. The first-order valence-corrected chi connectivity index (χ1v) is 7.66. The van der Waals surface area contributed by atoms with Crippen molar-refractivity contribution in [2.24, 2.45) is 5.92 Å². The number of alkyl halides is 3. The number of amides is 1. The fourth-order valence-corrected chi connectivity index (χ4v) is 2.72. The Morgan fingerprint density at radius 3 is 2.32 bits per heavy atom. The number of nitrogens with zero attached hydrogens (tertiary/aromatic N) is 1. The van der Waals surface area contributed by atoms with Gasteiger partial charge in [0.2, 0.25) is 0 Å². The number of hydrogen-bond acceptors (Lipinski definition) is 3. The molecule has 1 rings (SSSR count). The van der Waals surface area contributed by atoms with Gasteiger partial charge in [-0.1, -0.05) is 0 Å². The molecule has 0 aromatic carbocycles. The van der Waals surface area contributed by atoms with Crippen molar-refractivity contribution in [3.05, 3.63) is 0 Å². The molecule has 1 fully saturated rings. The zero-order chi connectivity index (χ0) is 17.1. The van der Waals surface area contributed by atoms with Crippen molar-refractivity contribution >= 4 is 6.09 Å². The Bertz CT molecular complexity index is 378. The van der Waals surface area contributed by atoms with E-state index in [9.17, 15) is 18.0 Å². The average molecular weight is 324 g/mol. The van der Waals surface area contributed by atoms with Crippen LogP contribution in [0.15, 0.2) is 0 Å². The van der Waals surface area contributed by atoms with Gasteiger partial charge in [0, 0.05) is 31.6 Å². The van der Waals surface area contributed by atoms with E-state index in [1.165, 1.54) is 0 Å². The van der Waals surface area contributed by atoms with Gasteiger partial charge in [0.1, 0.15) is 5.60 Å². The number of rotatable bonds is 3. The molecule has 0 saturated carbocycles. The number of halogens is 3. The van der Waals surface area contributed by atoms with E-state index in [0.717, 1.165) is 0 Å². The molecule has 1 N–H and O–H groups in total. The van der Waals surface area contributed by atoms with Crippen LogP contribution in [0.25, 0.3) is 0 Å². The van der Waals surface area contributed by atoms with Gasteiger partial charge in [-0.15, -0.1) is 0 Å². The summed E-state index contributed by atoms with van der Waals surface area (Å²) in [5.74, 6) is -0.504. The predicted octanol–water partition coefficient (Wildman–Crippen LogP) is 3.56. The first-order valence-electron chi connectivity index (χ1n) is 7.66. The first-order chi connectivity index (χ1) is 9.85. The lowest BCUT2D eigenvalue weighted by Gasteiger charge is -2.40. The molecule has 2 unspecified atom stereocenters. The van der Waals surface area contributed by atoms with Crippen molar-refractivity contribution in [1.29, 1.82) is 0 Å². The topological polar surface area (TPSA) is 41.6 Å². The quantitative estimate of drug-likeness (QED) is 0.863. The van der Waals surface area contributed by atoms with E-state index in [2.05, 4.69) is 5.32 Å². The summed E-state index contributed by atoms with van der Waals surface area (Å²) in [7, 11) is 0. The van der Waals surface area contributed by atoms with Crippen LogP contribution in [0.5, 0.6) is 0 Å². The molecular weight excluding hydrogens is 297 g/mol. The number of hydrogen-bond donors (Lipinski definition) is 1. The molecule has 0 aromatic heterocycles. The highest BCUT2D eigenvalue weighted by atomic mass is 19.4. The van der Waals surface area contributed by atoms with E-state index in [0.29, 0.717) is 19.5 Å². The summed E-state index contributed by atoms with van der Waals surface area (Å²) in [6.45, 7) is 10.1. The van der Waals surface area contributed by atoms with Crippen LogP contribution in [0.2, 0.25) is 0 Å². The number of piperidine rings is 1. The number of carbonyl (C=O) groups excluding carboxylic acids is 1. The molecule has 22 heavy (non-hydrogen) atoms. The zero-order valence-electron chi connectivity index (χ0n) is 14.0. The van der Waals surface area contributed by atoms with Gasteiger partial charge < -0.3 is 10.1 Å². The van der Waals surface area contributed by atoms with Crippen LogP contribution in [0.1, 0.15) is 47.5 Å². The number of nitrogens with one attached hydrogen (secondary N) is 1. The summed E-state index contributed by atoms with van der Waals surface area (Å²) in [5.41, 5.74) is -0.623. The molecule has 1 amide bonds. The first kappa shape index (κ1) is 19.1. The molecule has 130 valence electrons. The normalized spacial score (nSPS) is 24.4. The molecule has 1 aliphatic rings. The van der Waals surface area contributed by atoms with Gasteiger partial charge in [-0.3, -0.25) is 4.90 Å². The SMILES string of the molecule is CC(C)N1CC(CC(F)(F)F)CC(NC(=O)OC(C)(C)C)C1. The van der Waals surface area contributed by atoms with Gasteiger partial charge >= 0.3 is 12.3 Å². The van der Waals surface area contributed by atoms with Crippen LogP contribution in [0.4, 0.5) is 18.0 Å². The maximum absolute atomic E-state index is 12.6. The maximum atomic E-state index is 12.6. The van der Waals surface area contributed by atoms with Gasteiger partial charge in [-0.25, -0.2) is 4.79 Å². The van der Waals surface area contributed by atoms with Crippen molar-refractivity contribution in [2.45, 2.75) is 71.3 Å². The summed E-state index contributed by atoms with van der Waals surface area (Å²) < 4.78 is 43.1. The third kappa shape index (κ3) is 7.33. The van der Waals surface area contributed by atoms with Crippen molar-refractivity contribution < 1.29 is 22.7 Å². The van der Waals surface area contributed by atoms with Crippen LogP contribution in [0.3, 0.4) is 0 Å². The van der Waals surface area contributed by atoms with Crippen LogP contribution >= 0.6 is 0 Å². The van der Waals surface area contributed by atoms with E-state index in [1.807, 2.05) is 18.7 Å². The lowest BCUT2D eigenvalue weighted by Crippen LogP contribution is -2.53. The minimum absolute atomic E-state index is 0.138. The summed E-state index contributed by atoms with van der Waals surface area (Å²) in [6.07, 6.45) is -5.25. The molecule has 1 heterocycles. The Balaban J connectivity index is 2.66. The Kier molecular flexibility index (Phi) is 6.12. The zero-order valence-corrected chi connectivity index (χ0v) is 14.0. The van der Waals surface area contributed by atoms with Crippen LogP contribution in [-0.2, 0) is 4.74 Å². The second kappa shape index (κ2) is 7.06. The molecule has 7 heteroatoms. The lowest BCUT2D eigenvalue weighted by atomic mass is 9.90. The van der Waals surface area contributed by atoms with Crippen LogP contribution < -0.4 is 5.32 Å². The van der Waals surface area contributed by atoms with Crippen LogP contribution in [0, 0.1) is 5.92 Å². The monoisotopic (exact) mass is 324 g/mol. The molecule has 0 bridgehead atoms. The van der Waals surface area contributed by atoms with E-state index in [4.69, 9.17) is 4.74 Å². The highest BCUT2D eigenvalue weighted by molar-refractivity contribution is 5.68. The summed E-state index contributed by atoms with van der Waals surface area (Å²) >= 11 is 0. The van der Waals surface area contributed by atoms with Crippen LogP contribution in [-0.4, -0.2) is 47.9 Å². The smallest absolute Gasteiger partial charge is 0.407 e. The van der Waals surface area contributed by atoms with Gasteiger partial charge in [0.15, 0.2) is 0 Å². The third-order valence-electron chi connectivity index (χ3n) is 3.54. The number of carbonyl (C=O) groups is 1. The molecule has 0 aromatic rings. The summed E-state index contributed by atoms with van der Waals surface area (Å²) in [4.78, 5) is 13.8. The lowest BCUT2D eigenvalue weighted by molar-refractivity contribution is -0.149. The van der Waals surface area contributed by atoms with Crippen molar-refractivity contribution in [2.75, 3.05) is 13.1 Å². The van der Waals surface area contributed by atoms with E-state index < -0.39 is 30.2 Å². The third-order valence-corrected chi connectivity index (χ3v) is 3.54. The van der Waals surface area contributed by atoms with Gasteiger partial charge in [0.05, 0.1) is 0 Å². The van der Waals surface area contributed by atoms with Gasteiger partial charge in [-0.05, 0) is 47.0 Å². The minimum atomic E-state index is -4.18. The standard InChI is InChI=1S/C15H27F3N2O2/c1-10(2)20-8-11(7-15(16,17)18)6-12(9-20)19-13(21)22-14(3,4)5/h10-12H,6-9H2,1-5H3,(H,19,21). The molecular formula is C15H27F3N2O2. The Hall–Kier alpha value is -0.980. The average Bonchev–Trinajstić information content (AvgIpc) is 2.22. The van der Waals surface area contributed by atoms with Crippen molar-refractivity contribution in [1.82, 2.24) is 10.2 Å². The molecule has 2 atom stereocenters. The van der Waals surface area contributed by atoms with Crippen molar-refractivity contribution in [3.8, 4) is 0 Å². The number of likely N-dealkylation sites (tertiary alicyclic amines) is 1. The van der Waals surface area contributed by atoms with Crippen molar-refractivity contribution in [3.63, 3.8) is 0 Å². The fraction of sp³-hybridized carbons (Fsp3) is 0.933. The molecule has 4 nitrogen and oxygen atoms in total. The Morgan fingerprint density at radius 1 is 1.27 bits per heavy atom. The molecule has 1 aliphatic heterocycles. The van der Waals surface area contributed by atoms with E-state index in [-0.39, 0.29) is 12.1 Å². The minimum Gasteiger partial charge on any atom is -0.444 e. The van der Waals surface area contributed by atoms with E-state index in [1.54, 1.807) is 20.8 Å². The molecule has 0 aliphatic carbocycles. The predicted molar refractivity (Wildman–Crippen MR) is 78.6 cm³/mol. The highest BCUT2D eigenvalue weighted by Gasteiger charge is 2.37. The molecule has 0 spiro atoms. The Morgan fingerprint density at radius 2 is 1.86 bits per heavy atom. The fourth-order valence-electron chi connectivity index (χ4n) is 2.72. The summed E-state index contributed by atoms with van der Waals surface area (Å²) in [6, 6.07) is -0.183. The summed E-state index contributed by atoms with van der Waals surface area (Å²) in [5, 5.41) is 2.71. The van der Waals surface area contributed by atoms with E-state index >= 15 is 0 Å². The second-order valence-electron chi connectivity index (χ2n) is 7.31. The second-order valence-corrected chi connectivity index (χ2v) is 7.31. The van der Waals surface area contributed by atoms with Gasteiger partial charge in [-0.2, -0.15) is 13.2 Å². The number of alkyl carbamates (subject to hydrolysis) is 1. The van der Waals surface area contributed by atoms with Gasteiger partial charge in [0.25, 0.3) is 0 Å². The Labute approximate surface area is 130 Å². The molecule has 0 radical (unpaired) electrons. The maximum Gasteiger partial charge on any atom is 0.407 e.